The molecule has 4 aliphatic rings. The first kappa shape index (κ1) is 20.0. The van der Waals surface area contributed by atoms with Crippen LogP contribution in [0.15, 0.2) is 23.8 Å². The third-order valence-electron chi connectivity index (χ3n) is 9.58. The van der Waals surface area contributed by atoms with E-state index in [1.807, 2.05) is 6.08 Å². The molecule has 0 aromatic rings. The summed E-state index contributed by atoms with van der Waals surface area (Å²) in [5.41, 5.74) is -1.41. The molecular weight excluding hydrogens is 352 g/mol. The van der Waals surface area contributed by atoms with E-state index in [0.717, 1.165) is 32.1 Å². The van der Waals surface area contributed by atoms with Crippen molar-refractivity contribution in [1.29, 1.82) is 0 Å². The largest absolute Gasteiger partial charge is 0.393 e. The normalized spacial score (nSPS) is 46.9. The lowest BCUT2D eigenvalue weighted by Crippen LogP contribution is -2.62. The van der Waals surface area contributed by atoms with Gasteiger partial charge in [0.2, 0.25) is 0 Å². The van der Waals surface area contributed by atoms with Crippen LogP contribution in [0.25, 0.3) is 0 Å². The van der Waals surface area contributed by atoms with Crippen molar-refractivity contribution >= 4 is 11.6 Å². The Balaban J connectivity index is 1.75. The molecule has 4 rings (SSSR count). The zero-order valence-electron chi connectivity index (χ0n) is 17.6. The quantitative estimate of drug-likeness (QED) is 0.777. The summed E-state index contributed by atoms with van der Waals surface area (Å²) in [6, 6.07) is 0. The summed E-state index contributed by atoms with van der Waals surface area (Å²) in [4.78, 5) is 24.9. The molecule has 1 unspecified atom stereocenters. The number of ketones is 2. The molecule has 0 aromatic carbocycles. The third-order valence-corrected chi connectivity index (χ3v) is 9.58. The van der Waals surface area contributed by atoms with E-state index in [0.29, 0.717) is 24.2 Å². The molecule has 4 aliphatic carbocycles. The molecule has 154 valence electrons. The van der Waals surface area contributed by atoms with E-state index in [1.165, 1.54) is 5.57 Å². The van der Waals surface area contributed by atoms with Gasteiger partial charge in [0.1, 0.15) is 5.78 Å². The Labute approximate surface area is 168 Å². The van der Waals surface area contributed by atoms with Gasteiger partial charge >= 0.3 is 0 Å². The molecule has 0 saturated heterocycles. The van der Waals surface area contributed by atoms with Crippen molar-refractivity contribution in [2.45, 2.75) is 71.8 Å². The van der Waals surface area contributed by atoms with Crippen LogP contribution in [0, 0.1) is 34.0 Å². The predicted octanol–water partition coefficient (Wildman–Crippen LogP) is 3.61. The average molecular weight is 387 g/mol. The second-order valence-corrected chi connectivity index (χ2v) is 10.5. The summed E-state index contributed by atoms with van der Waals surface area (Å²) in [5.74, 6) is 1.42. The highest BCUT2D eigenvalue weighted by Crippen LogP contribution is 2.71. The van der Waals surface area contributed by atoms with Crippen molar-refractivity contribution in [3.05, 3.63) is 23.8 Å². The molecular formula is C24H34O4. The molecule has 4 nitrogen and oxygen atoms in total. The molecule has 0 aliphatic heterocycles. The maximum Gasteiger partial charge on any atom is 0.178 e. The molecule has 4 heteroatoms. The number of aliphatic hydroxyl groups is 2. The number of aliphatic hydroxyl groups excluding tert-OH is 1. The summed E-state index contributed by atoms with van der Waals surface area (Å²) in [6.07, 6.45) is 11.1. The van der Waals surface area contributed by atoms with Crippen LogP contribution in [0.3, 0.4) is 0 Å². The standard InChI is InChI=1S/C24H34O4/c1-15(26)24(23(4,28)14-25)12-9-20-18-6-5-16-13-17(27)7-10-21(16,2)19(18)8-11-22(20,24)3/h7,10,13,18-20,25,28H,5-6,8-9,11-12,14H2,1-4H3/t18-,19+,20+,21+,22+,23?,24+/m1/s1. The van der Waals surface area contributed by atoms with Crippen molar-refractivity contribution in [3.8, 4) is 0 Å². The average Bonchev–Trinajstić information content (AvgIpc) is 2.97. The number of carbonyl (C=O) groups excluding carboxylic acids is 2. The van der Waals surface area contributed by atoms with E-state index >= 15 is 0 Å². The zero-order valence-corrected chi connectivity index (χ0v) is 17.6. The molecule has 3 fully saturated rings. The first-order valence-electron chi connectivity index (χ1n) is 10.8. The Morgan fingerprint density at radius 1 is 1.21 bits per heavy atom. The summed E-state index contributed by atoms with van der Waals surface area (Å²) in [6.45, 7) is 7.33. The number of hydrogen-bond acceptors (Lipinski definition) is 4. The van der Waals surface area contributed by atoms with E-state index in [2.05, 4.69) is 19.9 Å². The van der Waals surface area contributed by atoms with Crippen molar-refractivity contribution in [3.63, 3.8) is 0 Å². The molecule has 0 heterocycles. The highest BCUT2D eigenvalue weighted by atomic mass is 16.3. The van der Waals surface area contributed by atoms with Gasteiger partial charge in [0.05, 0.1) is 17.6 Å². The number of allylic oxidation sites excluding steroid dienone is 4. The molecule has 0 radical (unpaired) electrons. The summed E-state index contributed by atoms with van der Waals surface area (Å²) < 4.78 is 0. The van der Waals surface area contributed by atoms with Gasteiger partial charge in [0, 0.05) is 5.41 Å². The predicted molar refractivity (Wildman–Crippen MR) is 107 cm³/mol. The smallest absolute Gasteiger partial charge is 0.178 e. The number of hydrogen-bond donors (Lipinski definition) is 2. The number of Topliss-reactive ketones (excluding diaryl/α,β-unsaturated/α-hetero) is 1. The minimum atomic E-state index is -1.41. The van der Waals surface area contributed by atoms with Crippen molar-refractivity contribution in [2.75, 3.05) is 6.61 Å². The van der Waals surface area contributed by atoms with E-state index in [9.17, 15) is 19.8 Å². The Morgan fingerprint density at radius 3 is 2.54 bits per heavy atom. The zero-order chi connectivity index (χ0) is 20.5. The lowest BCUT2D eigenvalue weighted by atomic mass is 9.44. The van der Waals surface area contributed by atoms with Crippen LogP contribution >= 0.6 is 0 Å². The number of rotatable bonds is 3. The summed E-state index contributed by atoms with van der Waals surface area (Å²) >= 11 is 0. The Hall–Kier alpha value is -1.26. The van der Waals surface area contributed by atoms with Gasteiger partial charge in [-0.3, -0.25) is 9.59 Å². The van der Waals surface area contributed by atoms with Crippen LogP contribution in [-0.2, 0) is 9.59 Å². The van der Waals surface area contributed by atoms with Crippen LogP contribution in [-0.4, -0.2) is 34.0 Å². The minimum absolute atomic E-state index is 0.0146. The maximum atomic E-state index is 13.0. The molecule has 2 N–H and O–H groups in total. The first-order valence-corrected chi connectivity index (χ1v) is 10.8. The Bertz CT molecular complexity index is 777. The van der Waals surface area contributed by atoms with E-state index in [1.54, 1.807) is 19.9 Å². The first-order chi connectivity index (χ1) is 13.0. The van der Waals surface area contributed by atoms with Crippen LogP contribution in [0.2, 0.25) is 0 Å². The fourth-order valence-corrected chi connectivity index (χ4v) is 8.21. The van der Waals surface area contributed by atoms with Gasteiger partial charge in [-0.1, -0.05) is 25.5 Å². The van der Waals surface area contributed by atoms with Gasteiger partial charge in [0.15, 0.2) is 5.78 Å². The van der Waals surface area contributed by atoms with Crippen LogP contribution in [0.1, 0.15) is 66.2 Å². The van der Waals surface area contributed by atoms with Crippen LogP contribution in [0.4, 0.5) is 0 Å². The third kappa shape index (κ3) is 2.25. The molecule has 0 spiro atoms. The molecule has 0 aromatic heterocycles. The van der Waals surface area contributed by atoms with Gasteiger partial charge < -0.3 is 10.2 Å². The SMILES string of the molecule is CC(=O)[C@@]1(C(C)(O)CO)CC[C@H]2[C@@H]3CCC4=CC(=O)C=C[C@]4(C)[C@H]3CC[C@@]21C. The fraction of sp³-hybridized carbons (Fsp3) is 0.750. The molecule has 7 atom stereocenters. The van der Waals surface area contributed by atoms with Crippen LogP contribution < -0.4 is 0 Å². The molecule has 0 amide bonds. The summed E-state index contributed by atoms with van der Waals surface area (Å²) in [5, 5.41) is 21.2. The molecule has 3 saturated carbocycles. The van der Waals surface area contributed by atoms with Gasteiger partial charge in [0.25, 0.3) is 0 Å². The number of fused-ring (bicyclic) bond motifs is 5. The lowest BCUT2D eigenvalue weighted by molar-refractivity contribution is -0.186. The van der Waals surface area contributed by atoms with Gasteiger partial charge in [-0.15, -0.1) is 0 Å². The monoisotopic (exact) mass is 386 g/mol. The Morgan fingerprint density at radius 2 is 1.89 bits per heavy atom. The van der Waals surface area contributed by atoms with Crippen molar-refractivity contribution < 1.29 is 19.8 Å². The highest BCUT2D eigenvalue weighted by molar-refractivity contribution is 6.01. The lowest BCUT2D eigenvalue weighted by Gasteiger charge is -2.60. The highest BCUT2D eigenvalue weighted by Gasteiger charge is 2.70. The van der Waals surface area contributed by atoms with Gasteiger partial charge in [-0.05, 0) is 87.7 Å². The maximum absolute atomic E-state index is 13.0. The topological polar surface area (TPSA) is 74.6 Å². The van der Waals surface area contributed by atoms with E-state index in [4.69, 9.17) is 0 Å². The minimum Gasteiger partial charge on any atom is -0.393 e. The fourth-order valence-electron chi connectivity index (χ4n) is 8.21. The van der Waals surface area contributed by atoms with E-state index in [-0.39, 0.29) is 22.4 Å². The van der Waals surface area contributed by atoms with Crippen molar-refractivity contribution in [2.24, 2.45) is 34.0 Å². The van der Waals surface area contributed by atoms with Gasteiger partial charge in [-0.2, -0.15) is 0 Å². The number of carbonyl (C=O) groups is 2. The Kier molecular flexibility index (Phi) is 4.38. The van der Waals surface area contributed by atoms with Crippen molar-refractivity contribution in [1.82, 2.24) is 0 Å². The van der Waals surface area contributed by atoms with Gasteiger partial charge in [-0.25, -0.2) is 0 Å². The van der Waals surface area contributed by atoms with E-state index < -0.39 is 17.6 Å². The summed E-state index contributed by atoms with van der Waals surface area (Å²) in [7, 11) is 0. The second kappa shape index (κ2) is 6.12. The molecule has 28 heavy (non-hydrogen) atoms. The second-order valence-electron chi connectivity index (χ2n) is 10.5. The van der Waals surface area contributed by atoms with Crippen LogP contribution in [0.5, 0.6) is 0 Å². The molecule has 0 bridgehead atoms.